The molecule has 1 rings (SSSR count). The van der Waals surface area contributed by atoms with Gasteiger partial charge in [0.25, 0.3) is 0 Å². The smallest absolute Gasteiger partial charge is 0.238 e. The Bertz CT molecular complexity index is 558. The number of benzene rings is 1. The zero-order valence-electron chi connectivity index (χ0n) is 11.5. The zero-order valence-corrected chi connectivity index (χ0v) is 12.3. The number of rotatable bonds is 7. The van der Waals surface area contributed by atoms with Crippen molar-refractivity contribution in [1.29, 1.82) is 0 Å². The largest absolute Gasteiger partial charge is 0.352 e. The van der Waals surface area contributed by atoms with Gasteiger partial charge >= 0.3 is 0 Å². The molecule has 1 unspecified atom stereocenters. The molecule has 0 aliphatic heterocycles. The van der Waals surface area contributed by atoms with E-state index in [0.717, 1.165) is 6.42 Å². The number of amides is 1. The maximum absolute atomic E-state index is 11.6. The summed E-state index contributed by atoms with van der Waals surface area (Å²) < 4.78 is 22.4. The fourth-order valence-corrected chi connectivity index (χ4v) is 2.20. The molecule has 112 valence electrons. The van der Waals surface area contributed by atoms with Gasteiger partial charge in [-0.3, -0.25) is 4.79 Å². The molecule has 1 aromatic carbocycles. The fraction of sp³-hybridized carbons (Fsp3) is 0.462. The highest BCUT2D eigenvalue weighted by molar-refractivity contribution is 7.89. The Hall–Kier alpha value is -1.44. The number of nitrogens with one attached hydrogen (secondary N) is 1. The summed E-state index contributed by atoms with van der Waals surface area (Å²) in [7, 11) is -3.72. The molecule has 20 heavy (non-hydrogen) atoms. The Morgan fingerprint density at radius 3 is 2.70 bits per heavy atom. The molecule has 6 nitrogen and oxygen atoms in total. The molecule has 0 aliphatic carbocycles. The van der Waals surface area contributed by atoms with Crippen LogP contribution in [0.25, 0.3) is 0 Å². The first-order valence-electron chi connectivity index (χ1n) is 6.41. The third-order valence-electron chi connectivity index (χ3n) is 2.98. The molecule has 0 heterocycles. The predicted octanol–water partition coefficient (Wildman–Crippen LogP) is 0.325. The number of hydrogen-bond donors (Lipinski definition) is 3. The molecule has 0 fully saturated rings. The molecular weight excluding hydrogens is 278 g/mol. The van der Waals surface area contributed by atoms with Crippen molar-refractivity contribution in [2.45, 2.75) is 31.2 Å². The van der Waals surface area contributed by atoms with Crippen molar-refractivity contribution in [3.8, 4) is 0 Å². The van der Waals surface area contributed by atoms with E-state index in [4.69, 9.17) is 10.9 Å². The lowest BCUT2D eigenvalue weighted by Gasteiger charge is -2.09. The number of sulfonamides is 1. The zero-order chi connectivity index (χ0) is 15.2. The average molecular weight is 299 g/mol. The van der Waals surface area contributed by atoms with E-state index < -0.39 is 10.0 Å². The number of hydrogen-bond acceptors (Lipinski definition) is 4. The Balaban J connectivity index is 2.52. The minimum absolute atomic E-state index is 0.0426. The number of nitrogens with two attached hydrogens (primary N) is 2. The van der Waals surface area contributed by atoms with Gasteiger partial charge in [-0.05, 0) is 36.6 Å². The van der Waals surface area contributed by atoms with Gasteiger partial charge in [0.2, 0.25) is 15.9 Å². The monoisotopic (exact) mass is 299 g/mol. The van der Waals surface area contributed by atoms with Crippen molar-refractivity contribution in [3.63, 3.8) is 0 Å². The van der Waals surface area contributed by atoms with Crippen LogP contribution >= 0.6 is 0 Å². The third kappa shape index (κ3) is 5.68. The number of primary sulfonamides is 1. The van der Waals surface area contributed by atoms with E-state index in [1.54, 1.807) is 12.1 Å². The lowest BCUT2D eigenvalue weighted by molar-refractivity contribution is -0.121. The van der Waals surface area contributed by atoms with E-state index in [9.17, 15) is 13.2 Å². The summed E-state index contributed by atoms with van der Waals surface area (Å²) in [5.74, 6) is 0.234. The topological polar surface area (TPSA) is 115 Å². The number of carbonyl (C=O) groups is 1. The van der Waals surface area contributed by atoms with E-state index in [2.05, 4.69) is 5.32 Å². The summed E-state index contributed by atoms with van der Waals surface area (Å²) in [5.41, 5.74) is 6.17. The van der Waals surface area contributed by atoms with Crippen molar-refractivity contribution in [2.24, 2.45) is 16.8 Å². The summed E-state index contributed by atoms with van der Waals surface area (Å²) in [4.78, 5) is 11.7. The first-order valence-corrected chi connectivity index (χ1v) is 7.96. The second kappa shape index (κ2) is 7.37. The molecule has 7 heteroatoms. The fourth-order valence-electron chi connectivity index (χ4n) is 1.62. The van der Waals surface area contributed by atoms with Gasteiger partial charge in [-0.25, -0.2) is 13.6 Å². The van der Waals surface area contributed by atoms with Crippen molar-refractivity contribution in [1.82, 2.24) is 5.32 Å². The highest BCUT2D eigenvalue weighted by Crippen LogP contribution is 2.10. The number of carbonyl (C=O) groups excluding carboxylic acids is 1. The first kappa shape index (κ1) is 16.6. The molecule has 0 aliphatic rings. The van der Waals surface area contributed by atoms with Crippen LogP contribution in [0.4, 0.5) is 0 Å². The molecule has 0 spiro atoms. The Morgan fingerprint density at radius 2 is 2.10 bits per heavy atom. The maximum atomic E-state index is 11.6. The highest BCUT2D eigenvalue weighted by Gasteiger charge is 2.09. The molecule has 0 saturated heterocycles. The van der Waals surface area contributed by atoms with Crippen LogP contribution < -0.4 is 16.2 Å². The van der Waals surface area contributed by atoms with Gasteiger partial charge in [-0.2, -0.15) is 0 Å². The Morgan fingerprint density at radius 1 is 1.40 bits per heavy atom. The van der Waals surface area contributed by atoms with Crippen LogP contribution in [0.1, 0.15) is 25.3 Å². The molecule has 0 radical (unpaired) electrons. The predicted molar refractivity (Wildman–Crippen MR) is 77.1 cm³/mol. The molecule has 1 atom stereocenters. The Labute approximate surface area is 119 Å². The van der Waals surface area contributed by atoms with Crippen LogP contribution in [0.5, 0.6) is 0 Å². The van der Waals surface area contributed by atoms with Crippen LogP contribution in [0.3, 0.4) is 0 Å². The van der Waals surface area contributed by atoms with Crippen molar-refractivity contribution in [2.75, 3.05) is 6.54 Å². The van der Waals surface area contributed by atoms with Gasteiger partial charge in [0, 0.05) is 13.0 Å². The normalized spacial score (nSPS) is 12.9. The second-order valence-electron chi connectivity index (χ2n) is 4.85. The van der Waals surface area contributed by atoms with Crippen molar-refractivity contribution in [3.05, 3.63) is 29.8 Å². The van der Waals surface area contributed by atoms with E-state index in [1.165, 1.54) is 12.1 Å². The SMILES string of the molecule is CC(CN)CCC(=O)NCc1cccc(S(N)(=O)=O)c1. The summed E-state index contributed by atoms with van der Waals surface area (Å²) in [5, 5.41) is 7.79. The van der Waals surface area contributed by atoms with E-state index in [1.807, 2.05) is 6.92 Å². The lowest BCUT2D eigenvalue weighted by atomic mass is 10.1. The average Bonchev–Trinajstić information content (AvgIpc) is 2.41. The summed E-state index contributed by atoms with van der Waals surface area (Å²) in [6.45, 7) is 2.83. The van der Waals surface area contributed by atoms with Gasteiger partial charge in [-0.1, -0.05) is 19.1 Å². The molecule has 0 saturated carbocycles. The van der Waals surface area contributed by atoms with Gasteiger partial charge in [0.15, 0.2) is 0 Å². The molecule has 1 amide bonds. The van der Waals surface area contributed by atoms with Crippen molar-refractivity contribution < 1.29 is 13.2 Å². The quantitative estimate of drug-likeness (QED) is 0.672. The molecular formula is C13H21N3O3S. The second-order valence-corrected chi connectivity index (χ2v) is 6.41. The van der Waals surface area contributed by atoms with Gasteiger partial charge in [-0.15, -0.1) is 0 Å². The highest BCUT2D eigenvalue weighted by atomic mass is 32.2. The third-order valence-corrected chi connectivity index (χ3v) is 3.89. The van der Waals surface area contributed by atoms with Gasteiger partial charge < -0.3 is 11.1 Å². The minimum atomic E-state index is -3.72. The summed E-state index contributed by atoms with van der Waals surface area (Å²) >= 11 is 0. The summed E-state index contributed by atoms with van der Waals surface area (Å²) in [6.07, 6.45) is 1.15. The van der Waals surface area contributed by atoms with Crippen LogP contribution in [0.15, 0.2) is 29.2 Å². The molecule has 5 N–H and O–H groups in total. The van der Waals surface area contributed by atoms with Gasteiger partial charge in [0.05, 0.1) is 4.90 Å². The van der Waals surface area contributed by atoms with E-state index in [0.29, 0.717) is 24.4 Å². The van der Waals surface area contributed by atoms with Crippen molar-refractivity contribution >= 4 is 15.9 Å². The van der Waals surface area contributed by atoms with Crippen LogP contribution in [0.2, 0.25) is 0 Å². The van der Waals surface area contributed by atoms with Crippen LogP contribution in [-0.4, -0.2) is 20.9 Å². The molecule has 0 aromatic heterocycles. The molecule has 0 bridgehead atoms. The minimum Gasteiger partial charge on any atom is -0.352 e. The van der Waals surface area contributed by atoms with Crippen LogP contribution in [0, 0.1) is 5.92 Å². The van der Waals surface area contributed by atoms with E-state index in [-0.39, 0.29) is 17.3 Å². The Kier molecular flexibility index (Phi) is 6.12. The molecule has 1 aromatic rings. The summed E-state index contributed by atoms with van der Waals surface area (Å²) in [6, 6.07) is 6.21. The first-order chi connectivity index (χ1) is 9.32. The van der Waals surface area contributed by atoms with E-state index >= 15 is 0 Å². The standard InChI is InChI=1S/C13H21N3O3S/c1-10(8-14)5-6-13(17)16-9-11-3-2-4-12(7-11)20(15,18)19/h2-4,7,10H,5-6,8-9,14H2,1H3,(H,16,17)(H2,15,18,19). The van der Waals surface area contributed by atoms with Crippen LogP contribution in [-0.2, 0) is 21.4 Å². The van der Waals surface area contributed by atoms with Gasteiger partial charge in [0.1, 0.15) is 0 Å². The lowest BCUT2D eigenvalue weighted by Crippen LogP contribution is -2.24. The maximum Gasteiger partial charge on any atom is 0.238 e.